The minimum absolute atomic E-state index is 0.203. The second-order valence-electron chi connectivity index (χ2n) is 3.18. The van der Waals surface area contributed by atoms with Gasteiger partial charge in [0.2, 0.25) is 0 Å². The van der Waals surface area contributed by atoms with Gasteiger partial charge in [0.15, 0.2) is 5.69 Å². The summed E-state index contributed by atoms with van der Waals surface area (Å²) in [5.74, 6) is -0.129. The van der Waals surface area contributed by atoms with Crippen LogP contribution >= 0.6 is 23.1 Å². The first-order chi connectivity index (χ1) is 6.50. The van der Waals surface area contributed by atoms with Crippen molar-refractivity contribution in [2.45, 2.75) is 31.8 Å². The van der Waals surface area contributed by atoms with Crippen molar-refractivity contribution >= 4 is 29.1 Å². The maximum atomic E-state index is 10.7. The summed E-state index contributed by atoms with van der Waals surface area (Å²) in [6, 6.07) is 0. The number of aromatic carboxylic acids is 1. The van der Waals surface area contributed by atoms with Crippen molar-refractivity contribution in [3.63, 3.8) is 0 Å². The lowest BCUT2D eigenvalue weighted by molar-refractivity contribution is 0.0690. The molecule has 0 atom stereocenters. The SMILES string of the molecule is Cc1sc(CSC(C)C)nc1C(=O)O. The minimum atomic E-state index is -0.931. The molecule has 1 heterocycles. The number of carboxylic acids is 1. The third-order valence-electron chi connectivity index (χ3n) is 1.58. The van der Waals surface area contributed by atoms with Crippen LogP contribution in [0.25, 0.3) is 0 Å². The van der Waals surface area contributed by atoms with Gasteiger partial charge in [0.25, 0.3) is 0 Å². The summed E-state index contributed by atoms with van der Waals surface area (Å²) >= 11 is 3.24. The van der Waals surface area contributed by atoms with E-state index >= 15 is 0 Å². The van der Waals surface area contributed by atoms with Gasteiger partial charge >= 0.3 is 5.97 Å². The van der Waals surface area contributed by atoms with Crippen molar-refractivity contribution in [2.24, 2.45) is 0 Å². The fraction of sp³-hybridized carbons (Fsp3) is 0.556. The zero-order valence-electron chi connectivity index (χ0n) is 8.40. The molecule has 0 spiro atoms. The van der Waals surface area contributed by atoms with Crippen LogP contribution in [-0.2, 0) is 5.75 Å². The summed E-state index contributed by atoms with van der Waals surface area (Å²) in [6.07, 6.45) is 0. The first kappa shape index (κ1) is 11.5. The molecular weight excluding hydrogens is 218 g/mol. The van der Waals surface area contributed by atoms with E-state index in [-0.39, 0.29) is 5.69 Å². The Morgan fingerprint density at radius 3 is 2.71 bits per heavy atom. The van der Waals surface area contributed by atoms with Crippen LogP contribution in [0, 0.1) is 6.92 Å². The van der Waals surface area contributed by atoms with Gasteiger partial charge in [-0.2, -0.15) is 11.8 Å². The third-order valence-corrected chi connectivity index (χ3v) is 3.84. The highest BCUT2D eigenvalue weighted by Gasteiger charge is 2.13. The van der Waals surface area contributed by atoms with E-state index in [2.05, 4.69) is 18.8 Å². The molecule has 0 bridgehead atoms. The van der Waals surface area contributed by atoms with Gasteiger partial charge in [0.1, 0.15) is 5.01 Å². The molecule has 0 aliphatic carbocycles. The van der Waals surface area contributed by atoms with Gasteiger partial charge < -0.3 is 5.11 Å². The Morgan fingerprint density at radius 2 is 2.29 bits per heavy atom. The number of thiazole rings is 1. The van der Waals surface area contributed by atoms with E-state index in [1.165, 1.54) is 11.3 Å². The molecule has 14 heavy (non-hydrogen) atoms. The summed E-state index contributed by atoms with van der Waals surface area (Å²) in [7, 11) is 0. The monoisotopic (exact) mass is 231 g/mol. The molecule has 1 aromatic heterocycles. The van der Waals surface area contributed by atoms with Crippen molar-refractivity contribution in [3.05, 3.63) is 15.6 Å². The zero-order chi connectivity index (χ0) is 10.7. The summed E-state index contributed by atoms with van der Waals surface area (Å²) in [6.45, 7) is 6.02. The van der Waals surface area contributed by atoms with E-state index < -0.39 is 5.97 Å². The lowest BCUT2D eigenvalue weighted by Crippen LogP contribution is -1.98. The lowest BCUT2D eigenvalue weighted by Gasteiger charge is -2.00. The molecule has 1 aromatic rings. The quantitative estimate of drug-likeness (QED) is 0.865. The molecule has 78 valence electrons. The van der Waals surface area contributed by atoms with Crippen LogP contribution in [0.1, 0.15) is 34.2 Å². The van der Waals surface area contributed by atoms with Crippen molar-refractivity contribution < 1.29 is 9.90 Å². The normalized spacial score (nSPS) is 10.9. The number of carbonyl (C=O) groups is 1. The zero-order valence-corrected chi connectivity index (χ0v) is 10.0. The average Bonchev–Trinajstić information content (AvgIpc) is 2.43. The summed E-state index contributed by atoms with van der Waals surface area (Å²) in [4.78, 5) is 15.6. The maximum Gasteiger partial charge on any atom is 0.355 e. The largest absolute Gasteiger partial charge is 0.476 e. The van der Waals surface area contributed by atoms with Crippen LogP contribution in [0.4, 0.5) is 0 Å². The molecule has 0 saturated heterocycles. The molecule has 1 rings (SSSR count). The second-order valence-corrected chi connectivity index (χ2v) is 6.03. The molecule has 3 nitrogen and oxygen atoms in total. The Bertz CT molecular complexity index is 334. The second kappa shape index (κ2) is 4.79. The van der Waals surface area contributed by atoms with Crippen molar-refractivity contribution in [1.82, 2.24) is 4.98 Å². The fourth-order valence-corrected chi connectivity index (χ4v) is 2.65. The number of carboxylic acid groups (broad SMARTS) is 1. The Morgan fingerprint density at radius 1 is 1.64 bits per heavy atom. The Kier molecular flexibility index (Phi) is 3.95. The number of aromatic nitrogens is 1. The highest BCUT2D eigenvalue weighted by molar-refractivity contribution is 7.99. The molecule has 5 heteroatoms. The first-order valence-electron chi connectivity index (χ1n) is 4.32. The van der Waals surface area contributed by atoms with E-state index in [0.29, 0.717) is 5.25 Å². The molecule has 0 aliphatic heterocycles. The van der Waals surface area contributed by atoms with Gasteiger partial charge in [-0.1, -0.05) is 13.8 Å². The van der Waals surface area contributed by atoms with Gasteiger partial charge in [-0.05, 0) is 12.2 Å². The van der Waals surface area contributed by atoms with Gasteiger partial charge in [0, 0.05) is 10.6 Å². The lowest BCUT2D eigenvalue weighted by atomic mass is 10.4. The molecule has 0 aliphatic rings. The van der Waals surface area contributed by atoms with Crippen molar-refractivity contribution in [2.75, 3.05) is 0 Å². The topological polar surface area (TPSA) is 50.2 Å². The minimum Gasteiger partial charge on any atom is -0.476 e. The van der Waals surface area contributed by atoms with E-state index in [9.17, 15) is 4.79 Å². The third kappa shape index (κ3) is 2.99. The molecule has 0 radical (unpaired) electrons. The number of rotatable bonds is 4. The number of nitrogens with zero attached hydrogens (tertiary/aromatic N) is 1. The summed E-state index contributed by atoms with van der Waals surface area (Å²) in [5, 5.41) is 10.2. The molecule has 0 fully saturated rings. The van der Waals surface area contributed by atoms with Crippen LogP contribution in [-0.4, -0.2) is 21.3 Å². The Balaban J connectivity index is 2.71. The van der Waals surface area contributed by atoms with E-state index in [1.807, 2.05) is 0 Å². The van der Waals surface area contributed by atoms with Gasteiger partial charge in [-0.3, -0.25) is 0 Å². The standard InChI is InChI=1S/C9H13NO2S2/c1-5(2)13-4-7-10-8(9(11)12)6(3)14-7/h5H,4H2,1-3H3,(H,11,12). The molecule has 1 N–H and O–H groups in total. The number of thioether (sulfide) groups is 1. The van der Waals surface area contributed by atoms with Gasteiger partial charge in [-0.15, -0.1) is 11.3 Å². The number of hydrogen-bond acceptors (Lipinski definition) is 4. The summed E-state index contributed by atoms with van der Waals surface area (Å²) < 4.78 is 0. The van der Waals surface area contributed by atoms with Crippen LogP contribution < -0.4 is 0 Å². The number of aryl methyl sites for hydroxylation is 1. The highest BCUT2D eigenvalue weighted by Crippen LogP contribution is 2.23. The molecular formula is C9H13NO2S2. The Hall–Kier alpha value is -0.550. The van der Waals surface area contributed by atoms with Crippen LogP contribution in [0.2, 0.25) is 0 Å². The van der Waals surface area contributed by atoms with Gasteiger partial charge in [0.05, 0.1) is 0 Å². The first-order valence-corrected chi connectivity index (χ1v) is 6.18. The number of hydrogen-bond donors (Lipinski definition) is 1. The summed E-state index contributed by atoms with van der Waals surface area (Å²) in [5.41, 5.74) is 0.203. The van der Waals surface area contributed by atoms with E-state index in [0.717, 1.165) is 15.6 Å². The van der Waals surface area contributed by atoms with E-state index in [4.69, 9.17) is 5.11 Å². The Labute approximate surface area is 91.6 Å². The fourth-order valence-electron chi connectivity index (χ4n) is 0.949. The van der Waals surface area contributed by atoms with Crippen LogP contribution in [0.5, 0.6) is 0 Å². The van der Waals surface area contributed by atoms with E-state index in [1.54, 1.807) is 18.7 Å². The predicted octanol–water partition coefficient (Wildman–Crippen LogP) is 2.79. The molecule has 0 saturated carbocycles. The average molecular weight is 231 g/mol. The van der Waals surface area contributed by atoms with Crippen LogP contribution in [0.3, 0.4) is 0 Å². The molecule has 0 aromatic carbocycles. The predicted molar refractivity (Wildman–Crippen MR) is 60.2 cm³/mol. The smallest absolute Gasteiger partial charge is 0.355 e. The maximum absolute atomic E-state index is 10.7. The van der Waals surface area contributed by atoms with Gasteiger partial charge in [-0.25, -0.2) is 9.78 Å². The van der Waals surface area contributed by atoms with Crippen molar-refractivity contribution in [3.8, 4) is 0 Å². The van der Waals surface area contributed by atoms with Crippen molar-refractivity contribution in [1.29, 1.82) is 0 Å². The van der Waals surface area contributed by atoms with Crippen LogP contribution in [0.15, 0.2) is 0 Å². The molecule has 0 unspecified atom stereocenters. The molecule has 0 amide bonds. The highest BCUT2D eigenvalue weighted by atomic mass is 32.2.